The van der Waals surface area contributed by atoms with Gasteiger partial charge >= 0.3 is 5.97 Å². The molecule has 136 valence electrons. The second-order valence-corrected chi connectivity index (χ2v) is 6.45. The summed E-state index contributed by atoms with van der Waals surface area (Å²) in [5.41, 5.74) is 2.22. The third-order valence-electron chi connectivity index (χ3n) is 4.43. The van der Waals surface area contributed by atoms with E-state index in [1.54, 1.807) is 7.11 Å². The molecule has 2 aliphatic rings. The van der Waals surface area contributed by atoms with Crippen LogP contribution in [0.5, 0.6) is 5.75 Å². The Morgan fingerprint density at radius 3 is 3.00 bits per heavy atom. The SMILES string of the molecule is COc1ccccc1C[C@@H](C)OC(=O)COC1=CC2=CC=CCC2C=C1. The van der Waals surface area contributed by atoms with Crippen molar-refractivity contribution < 1.29 is 19.0 Å². The molecule has 1 unspecified atom stereocenters. The highest BCUT2D eigenvalue weighted by Crippen LogP contribution is 2.28. The molecule has 2 atom stereocenters. The maximum Gasteiger partial charge on any atom is 0.344 e. The molecule has 3 rings (SSSR count). The van der Waals surface area contributed by atoms with E-state index in [0.717, 1.165) is 17.7 Å². The summed E-state index contributed by atoms with van der Waals surface area (Å²) in [4.78, 5) is 12.1. The van der Waals surface area contributed by atoms with Crippen molar-refractivity contribution in [2.45, 2.75) is 25.9 Å². The second-order valence-electron chi connectivity index (χ2n) is 6.45. The minimum Gasteiger partial charge on any atom is -0.496 e. The quantitative estimate of drug-likeness (QED) is 0.692. The van der Waals surface area contributed by atoms with Crippen LogP contribution in [0.15, 0.2) is 72.1 Å². The van der Waals surface area contributed by atoms with E-state index in [2.05, 4.69) is 18.2 Å². The number of hydrogen-bond donors (Lipinski definition) is 0. The number of carbonyl (C=O) groups excluding carboxylic acids is 1. The fourth-order valence-corrected chi connectivity index (χ4v) is 3.15. The molecule has 1 aromatic carbocycles. The highest BCUT2D eigenvalue weighted by molar-refractivity contribution is 5.71. The number of allylic oxidation sites excluding steroid dienone is 7. The largest absolute Gasteiger partial charge is 0.496 e. The van der Waals surface area contributed by atoms with Gasteiger partial charge in [-0.25, -0.2) is 4.79 Å². The van der Waals surface area contributed by atoms with Crippen molar-refractivity contribution in [3.63, 3.8) is 0 Å². The average Bonchev–Trinajstić information content (AvgIpc) is 2.66. The maximum atomic E-state index is 12.1. The van der Waals surface area contributed by atoms with Crippen LogP contribution in [0.3, 0.4) is 0 Å². The van der Waals surface area contributed by atoms with Gasteiger partial charge in [-0.05, 0) is 42.7 Å². The van der Waals surface area contributed by atoms with E-state index in [1.165, 1.54) is 5.57 Å². The summed E-state index contributed by atoms with van der Waals surface area (Å²) in [6.07, 6.45) is 13.6. The highest BCUT2D eigenvalue weighted by atomic mass is 16.6. The molecule has 0 fully saturated rings. The fourth-order valence-electron chi connectivity index (χ4n) is 3.15. The van der Waals surface area contributed by atoms with Gasteiger partial charge in [-0.15, -0.1) is 0 Å². The molecule has 0 spiro atoms. The number of carbonyl (C=O) groups is 1. The van der Waals surface area contributed by atoms with Crippen molar-refractivity contribution in [2.75, 3.05) is 13.7 Å². The lowest BCUT2D eigenvalue weighted by Crippen LogP contribution is -2.21. The van der Waals surface area contributed by atoms with Gasteiger partial charge in [0.1, 0.15) is 17.6 Å². The number of esters is 1. The van der Waals surface area contributed by atoms with Gasteiger partial charge in [-0.2, -0.15) is 0 Å². The molecule has 0 aliphatic heterocycles. The Morgan fingerprint density at radius 1 is 1.31 bits per heavy atom. The molecule has 4 heteroatoms. The first kappa shape index (κ1) is 18.1. The van der Waals surface area contributed by atoms with E-state index < -0.39 is 0 Å². The van der Waals surface area contributed by atoms with Gasteiger partial charge in [-0.3, -0.25) is 0 Å². The first-order valence-corrected chi connectivity index (χ1v) is 8.86. The van der Waals surface area contributed by atoms with E-state index in [-0.39, 0.29) is 18.7 Å². The Bertz CT molecular complexity index is 770. The molecule has 0 saturated heterocycles. The van der Waals surface area contributed by atoms with Gasteiger partial charge in [0.2, 0.25) is 0 Å². The third-order valence-corrected chi connectivity index (χ3v) is 4.43. The molecule has 0 saturated carbocycles. The molecule has 4 nitrogen and oxygen atoms in total. The molecular weight excluding hydrogens is 328 g/mol. The summed E-state index contributed by atoms with van der Waals surface area (Å²) in [6, 6.07) is 7.73. The van der Waals surface area contributed by atoms with Crippen molar-refractivity contribution in [3.8, 4) is 5.75 Å². The summed E-state index contributed by atoms with van der Waals surface area (Å²) < 4.78 is 16.4. The van der Waals surface area contributed by atoms with Crippen LogP contribution < -0.4 is 4.74 Å². The van der Waals surface area contributed by atoms with E-state index >= 15 is 0 Å². The number of ether oxygens (including phenoxy) is 3. The van der Waals surface area contributed by atoms with Gasteiger partial charge in [0.15, 0.2) is 6.61 Å². The summed E-state index contributed by atoms with van der Waals surface area (Å²) in [6.45, 7) is 1.77. The number of fused-ring (bicyclic) bond motifs is 1. The highest BCUT2D eigenvalue weighted by Gasteiger charge is 2.17. The summed E-state index contributed by atoms with van der Waals surface area (Å²) in [7, 11) is 1.64. The van der Waals surface area contributed by atoms with Crippen LogP contribution in [0, 0.1) is 5.92 Å². The lowest BCUT2D eigenvalue weighted by Gasteiger charge is -2.21. The zero-order valence-electron chi connectivity index (χ0n) is 15.2. The Hall–Kier alpha value is -2.75. The number of rotatable bonds is 7. The Kier molecular flexibility index (Phi) is 5.95. The Labute approximate surface area is 154 Å². The van der Waals surface area contributed by atoms with Crippen LogP contribution >= 0.6 is 0 Å². The zero-order valence-corrected chi connectivity index (χ0v) is 15.2. The van der Waals surface area contributed by atoms with Gasteiger partial charge in [0.25, 0.3) is 0 Å². The van der Waals surface area contributed by atoms with Crippen LogP contribution in [0.2, 0.25) is 0 Å². The van der Waals surface area contributed by atoms with Gasteiger partial charge in [0, 0.05) is 12.3 Å². The standard InChI is InChI=1S/C22H24O4/c1-16(13-19-9-5-6-10-21(19)24-2)26-22(23)15-25-20-12-11-17-7-3-4-8-18(17)14-20/h3-6,8-12,14,16-17H,7,13,15H2,1-2H3/t16-,17?/m1/s1. The normalized spacial score (nSPS) is 19.1. The number of methoxy groups -OCH3 is 1. The zero-order chi connectivity index (χ0) is 18.4. The molecule has 0 aromatic heterocycles. The van der Waals surface area contributed by atoms with Crippen molar-refractivity contribution >= 4 is 5.97 Å². The van der Waals surface area contributed by atoms with Crippen molar-refractivity contribution in [2.24, 2.45) is 5.92 Å². The van der Waals surface area contributed by atoms with Gasteiger partial charge < -0.3 is 14.2 Å². The molecule has 2 aliphatic carbocycles. The third kappa shape index (κ3) is 4.66. The van der Waals surface area contributed by atoms with Crippen LogP contribution in [0.4, 0.5) is 0 Å². The van der Waals surface area contributed by atoms with E-state index in [1.807, 2.05) is 49.4 Å². The lowest BCUT2D eigenvalue weighted by atomic mass is 9.88. The van der Waals surface area contributed by atoms with E-state index in [9.17, 15) is 4.79 Å². The average molecular weight is 352 g/mol. The van der Waals surface area contributed by atoms with Crippen LogP contribution in [0.1, 0.15) is 18.9 Å². The number of hydrogen-bond acceptors (Lipinski definition) is 4. The molecule has 1 aromatic rings. The van der Waals surface area contributed by atoms with Crippen LogP contribution in [0.25, 0.3) is 0 Å². The molecule has 0 bridgehead atoms. The first-order valence-electron chi connectivity index (χ1n) is 8.86. The van der Waals surface area contributed by atoms with Crippen LogP contribution in [-0.2, 0) is 20.7 Å². The van der Waals surface area contributed by atoms with Gasteiger partial charge in [-0.1, -0.05) is 42.5 Å². The predicted octanol–water partition coefficient (Wildman–Crippen LogP) is 4.14. The first-order chi connectivity index (χ1) is 12.7. The number of benzene rings is 1. The molecular formula is C22H24O4. The van der Waals surface area contributed by atoms with Gasteiger partial charge in [0.05, 0.1) is 7.11 Å². The Balaban J connectivity index is 1.48. The minimum atomic E-state index is -0.374. The monoisotopic (exact) mass is 352 g/mol. The summed E-state index contributed by atoms with van der Waals surface area (Å²) in [5, 5.41) is 0. The molecule has 0 N–H and O–H groups in total. The smallest absolute Gasteiger partial charge is 0.344 e. The van der Waals surface area contributed by atoms with E-state index in [4.69, 9.17) is 14.2 Å². The maximum absolute atomic E-state index is 12.1. The van der Waals surface area contributed by atoms with Crippen molar-refractivity contribution in [1.82, 2.24) is 0 Å². The summed E-state index contributed by atoms with van der Waals surface area (Å²) >= 11 is 0. The summed E-state index contributed by atoms with van der Waals surface area (Å²) in [5.74, 6) is 1.53. The van der Waals surface area contributed by atoms with Crippen molar-refractivity contribution in [1.29, 1.82) is 0 Å². The topological polar surface area (TPSA) is 44.8 Å². The Morgan fingerprint density at radius 2 is 2.15 bits per heavy atom. The van der Waals surface area contributed by atoms with E-state index in [0.29, 0.717) is 18.1 Å². The molecule has 0 amide bonds. The second kappa shape index (κ2) is 8.56. The molecule has 26 heavy (non-hydrogen) atoms. The number of para-hydroxylation sites is 1. The molecule has 0 radical (unpaired) electrons. The fraction of sp³-hybridized carbons (Fsp3) is 0.318. The molecule has 0 heterocycles. The lowest BCUT2D eigenvalue weighted by molar-refractivity contribution is -0.152. The van der Waals surface area contributed by atoms with Crippen LogP contribution in [-0.4, -0.2) is 25.8 Å². The predicted molar refractivity (Wildman–Crippen MR) is 101 cm³/mol. The van der Waals surface area contributed by atoms with Crippen molar-refractivity contribution in [3.05, 3.63) is 77.6 Å². The minimum absolute atomic E-state index is 0.0970.